The predicted octanol–water partition coefficient (Wildman–Crippen LogP) is 1.38. The van der Waals surface area contributed by atoms with E-state index in [0.29, 0.717) is 5.92 Å². The monoisotopic (exact) mass is 244 g/mol. The van der Waals surface area contributed by atoms with Gasteiger partial charge in [-0.05, 0) is 24.6 Å². The molecule has 0 bridgehead atoms. The Hall–Kier alpha value is -2.04. The molecule has 2 aromatic heterocycles. The Bertz CT molecular complexity index is 543. The molecule has 0 spiro atoms. The molecule has 94 valence electrons. The highest BCUT2D eigenvalue weighted by Gasteiger charge is 2.29. The molecule has 3 rings (SSSR count). The van der Waals surface area contributed by atoms with Crippen LogP contribution in [0.3, 0.4) is 0 Å². The van der Waals surface area contributed by atoms with E-state index in [9.17, 15) is 4.79 Å². The second kappa shape index (κ2) is 4.33. The van der Waals surface area contributed by atoms with Crippen LogP contribution in [-0.4, -0.2) is 38.7 Å². The van der Waals surface area contributed by atoms with E-state index < -0.39 is 0 Å². The summed E-state index contributed by atoms with van der Waals surface area (Å²) < 4.78 is 1.87. The van der Waals surface area contributed by atoms with Gasteiger partial charge in [-0.1, -0.05) is 0 Å². The first-order chi connectivity index (χ1) is 8.75. The molecule has 0 unspecified atom stereocenters. The van der Waals surface area contributed by atoms with Crippen molar-refractivity contribution in [2.75, 3.05) is 13.1 Å². The molecular weight excluding hydrogens is 228 g/mol. The Balaban J connectivity index is 1.73. The fourth-order valence-electron chi connectivity index (χ4n) is 2.54. The minimum absolute atomic E-state index is 0.115. The van der Waals surface area contributed by atoms with Crippen molar-refractivity contribution in [3.05, 3.63) is 42.0 Å². The Kier molecular flexibility index (Phi) is 2.66. The number of nitrogens with zero attached hydrogens (tertiary/aromatic N) is 3. The highest BCUT2D eigenvalue weighted by atomic mass is 16.2. The molecule has 1 aliphatic heterocycles. The summed E-state index contributed by atoms with van der Waals surface area (Å²) >= 11 is 0. The number of H-pyrrole nitrogens is 1. The predicted molar refractivity (Wildman–Crippen MR) is 67.3 cm³/mol. The number of carbonyl (C=O) groups is 1. The first-order valence-corrected chi connectivity index (χ1v) is 6.15. The van der Waals surface area contributed by atoms with E-state index in [1.165, 1.54) is 0 Å². The second-order valence-electron chi connectivity index (χ2n) is 4.75. The first kappa shape index (κ1) is 11.1. The van der Waals surface area contributed by atoms with Crippen LogP contribution in [0.5, 0.6) is 0 Å². The van der Waals surface area contributed by atoms with Crippen LogP contribution < -0.4 is 0 Å². The summed E-state index contributed by atoms with van der Waals surface area (Å²) in [5, 5.41) is 6.96. The largest absolute Gasteiger partial charge is 0.347 e. The van der Waals surface area contributed by atoms with Crippen LogP contribution in [0.4, 0.5) is 0 Å². The number of carbonyl (C=O) groups excluding carboxylic acids is 1. The van der Waals surface area contributed by atoms with Crippen LogP contribution in [-0.2, 0) is 7.05 Å². The van der Waals surface area contributed by atoms with Gasteiger partial charge in [0.15, 0.2) is 0 Å². The summed E-state index contributed by atoms with van der Waals surface area (Å²) in [6.45, 7) is 1.58. The van der Waals surface area contributed by atoms with Crippen LogP contribution in [0.25, 0.3) is 0 Å². The zero-order valence-electron chi connectivity index (χ0n) is 10.3. The summed E-state index contributed by atoms with van der Waals surface area (Å²) in [4.78, 5) is 14.2. The summed E-state index contributed by atoms with van der Waals surface area (Å²) in [5.74, 6) is 0.501. The molecule has 1 saturated heterocycles. The number of likely N-dealkylation sites (tertiary alicyclic amines) is 1. The Morgan fingerprint density at radius 2 is 2.39 bits per heavy atom. The number of aryl methyl sites for hydroxylation is 1. The maximum atomic E-state index is 12.3. The molecule has 5 heteroatoms. The van der Waals surface area contributed by atoms with Gasteiger partial charge >= 0.3 is 0 Å². The molecule has 0 saturated carbocycles. The molecule has 1 N–H and O–H groups in total. The van der Waals surface area contributed by atoms with Crippen LogP contribution in [0.2, 0.25) is 0 Å². The molecule has 0 aliphatic carbocycles. The lowest BCUT2D eigenvalue weighted by Gasteiger charge is -2.16. The van der Waals surface area contributed by atoms with Gasteiger partial charge in [0.1, 0.15) is 5.69 Å². The van der Waals surface area contributed by atoms with Crippen molar-refractivity contribution < 1.29 is 4.79 Å². The lowest BCUT2D eigenvalue weighted by atomic mass is 10.1. The molecule has 2 aromatic rings. The van der Waals surface area contributed by atoms with E-state index >= 15 is 0 Å². The lowest BCUT2D eigenvalue weighted by molar-refractivity contribution is 0.0781. The molecule has 1 amide bonds. The third-order valence-corrected chi connectivity index (χ3v) is 3.60. The molecule has 18 heavy (non-hydrogen) atoms. The van der Waals surface area contributed by atoms with Crippen molar-refractivity contribution in [1.82, 2.24) is 19.7 Å². The molecule has 3 heterocycles. The minimum Gasteiger partial charge on any atom is -0.347 e. The number of hydrogen-bond acceptors (Lipinski definition) is 2. The van der Waals surface area contributed by atoms with E-state index in [1.807, 2.05) is 40.9 Å². The van der Waals surface area contributed by atoms with Gasteiger partial charge in [-0.2, -0.15) is 5.10 Å². The number of amides is 1. The Morgan fingerprint density at radius 1 is 1.50 bits per heavy atom. The van der Waals surface area contributed by atoms with Crippen LogP contribution in [0.15, 0.2) is 30.6 Å². The van der Waals surface area contributed by atoms with Crippen LogP contribution in [0.1, 0.15) is 28.5 Å². The molecule has 1 aliphatic rings. The maximum Gasteiger partial charge on any atom is 0.270 e. The van der Waals surface area contributed by atoms with E-state index in [0.717, 1.165) is 30.9 Å². The summed E-state index contributed by atoms with van der Waals surface area (Å²) in [5.41, 5.74) is 1.87. The van der Waals surface area contributed by atoms with E-state index in [2.05, 4.69) is 10.2 Å². The quantitative estimate of drug-likeness (QED) is 0.867. The van der Waals surface area contributed by atoms with Gasteiger partial charge in [-0.3, -0.25) is 9.89 Å². The highest BCUT2D eigenvalue weighted by Crippen LogP contribution is 2.26. The average molecular weight is 244 g/mol. The van der Waals surface area contributed by atoms with Crippen molar-refractivity contribution in [2.24, 2.45) is 7.05 Å². The zero-order valence-corrected chi connectivity index (χ0v) is 10.3. The highest BCUT2D eigenvalue weighted by molar-refractivity contribution is 5.93. The third kappa shape index (κ3) is 1.81. The number of aromatic nitrogens is 3. The normalized spacial score (nSPS) is 19.4. The zero-order chi connectivity index (χ0) is 12.5. The summed E-state index contributed by atoms with van der Waals surface area (Å²) in [6.07, 6.45) is 4.66. The fourth-order valence-corrected chi connectivity index (χ4v) is 2.54. The minimum atomic E-state index is 0.115. The van der Waals surface area contributed by atoms with E-state index in [1.54, 1.807) is 6.20 Å². The number of nitrogens with one attached hydrogen (secondary N) is 1. The molecule has 5 nitrogen and oxygen atoms in total. The lowest BCUT2D eigenvalue weighted by Crippen LogP contribution is -2.29. The van der Waals surface area contributed by atoms with E-state index in [4.69, 9.17) is 0 Å². The molecule has 0 aromatic carbocycles. The van der Waals surface area contributed by atoms with Gasteiger partial charge in [-0.15, -0.1) is 0 Å². The van der Waals surface area contributed by atoms with Crippen LogP contribution in [0, 0.1) is 0 Å². The second-order valence-corrected chi connectivity index (χ2v) is 4.75. The van der Waals surface area contributed by atoms with E-state index in [-0.39, 0.29) is 5.91 Å². The number of hydrogen-bond donors (Lipinski definition) is 1. The van der Waals surface area contributed by atoms with Crippen molar-refractivity contribution in [2.45, 2.75) is 12.3 Å². The fraction of sp³-hybridized carbons (Fsp3) is 0.385. The van der Waals surface area contributed by atoms with Gasteiger partial charge in [-0.25, -0.2) is 0 Å². The molecule has 1 fully saturated rings. The molecule has 1 atom stereocenters. The van der Waals surface area contributed by atoms with Gasteiger partial charge in [0.2, 0.25) is 0 Å². The smallest absolute Gasteiger partial charge is 0.270 e. The van der Waals surface area contributed by atoms with Crippen LogP contribution >= 0.6 is 0 Å². The van der Waals surface area contributed by atoms with Gasteiger partial charge in [0.25, 0.3) is 5.91 Å². The maximum absolute atomic E-state index is 12.3. The summed E-state index contributed by atoms with van der Waals surface area (Å²) in [7, 11) is 1.90. The Morgan fingerprint density at radius 3 is 3.06 bits per heavy atom. The third-order valence-electron chi connectivity index (χ3n) is 3.60. The topological polar surface area (TPSA) is 53.9 Å². The SMILES string of the molecule is Cn1cccc1C(=O)N1CC[C@@H](c2ccn[nH]2)C1. The van der Waals surface area contributed by atoms with Crippen molar-refractivity contribution in [3.8, 4) is 0 Å². The van der Waals surface area contributed by atoms with Crippen molar-refractivity contribution in [1.29, 1.82) is 0 Å². The molecule has 0 radical (unpaired) electrons. The van der Waals surface area contributed by atoms with Gasteiger partial charge in [0, 0.05) is 44.1 Å². The number of rotatable bonds is 2. The number of aromatic amines is 1. The average Bonchev–Trinajstić information content (AvgIpc) is 3.09. The molecular formula is C13H16N4O. The van der Waals surface area contributed by atoms with Gasteiger partial charge in [0.05, 0.1) is 0 Å². The van der Waals surface area contributed by atoms with Gasteiger partial charge < -0.3 is 9.47 Å². The standard InChI is InChI=1S/C13H16N4O/c1-16-7-2-3-12(16)13(18)17-8-5-10(9-17)11-4-6-14-15-11/h2-4,6-7,10H,5,8-9H2,1H3,(H,14,15)/t10-/m1/s1. The van der Waals surface area contributed by atoms with Crippen molar-refractivity contribution in [3.63, 3.8) is 0 Å². The Labute approximate surface area is 105 Å². The first-order valence-electron chi connectivity index (χ1n) is 6.15. The summed E-state index contributed by atoms with van der Waals surface area (Å²) in [6, 6.07) is 5.75. The van der Waals surface area contributed by atoms with Crippen molar-refractivity contribution >= 4 is 5.91 Å².